The van der Waals surface area contributed by atoms with Crippen molar-refractivity contribution in [3.8, 4) is 11.3 Å². The van der Waals surface area contributed by atoms with Gasteiger partial charge >= 0.3 is 6.18 Å². The molecule has 1 aliphatic heterocycles. The predicted octanol–water partition coefficient (Wildman–Crippen LogP) is 3.18. The van der Waals surface area contributed by atoms with Gasteiger partial charge in [0, 0.05) is 11.8 Å². The van der Waals surface area contributed by atoms with Crippen LogP contribution in [0.1, 0.15) is 11.3 Å². The molecular formula is C19H15F3N6O. The van der Waals surface area contributed by atoms with Crippen LogP contribution in [0.3, 0.4) is 0 Å². The zero-order valence-electron chi connectivity index (χ0n) is 15.2. The Labute approximate surface area is 163 Å². The first-order chi connectivity index (χ1) is 13.8. The molecule has 148 valence electrons. The lowest BCUT2D eigenvalue weighted by atomic mass is 10.0. The maximum atomic E-state index is 13.4. The van der Waals surface area contributed by atoms with E-state index in [9.17, 15) is 18.0 Å². The summed E-state index contributed by atoms with van der Waals surface area (Å²) in [7, 11) is 0. The van der Waals surface area contributed by atoms with Gasteiger partial charge in [-0.2, -0.15) is 22.8 Å². The normalized spacial score (nSPS) is 13.9. The van der Waals surface area contributed by atoms with E-state index in [1.165, 1.54) is 41.1 Å². The number of hydrogen-bond donors (Lipinski definition) is 2. The highest BCUT2D eigenvalue weighted by molar-refractivity contribution is 6.05. The first-order valence-electron chi connectivity index (χ1n) is 8.63. The van der Waals surface area contributed by atoms with Crippen LogP contribution in [0.25, 0.3) is 16.9 Å². The van der Waals surface area contributed by atoms with Crippen LogP contribution in [0.5, 0.6) is 0 Å². The van der Waals surface area contributed by atoms with Crippen molar-refractivity contribution in [3.63, 3.8) is 0 Å². The number of carbonyl (C=O) groups excluding carboxylic acids is 1. The highest BCUT2D eigenvalue weighted by atomic mass is 19.4. The Kier molecular flexibility index (Phi) is 4.53. The number of benzene rings is 1. The molecule has 1 aromatic carbocycles. The van der Waals surface area contributed by atoms with E-state index in [0.29, 0.717) is 17.0 Å². The molecule has 29 heavy (non-hydrogen) atoms. The number of aliphatic imine (C=N–C) groups is 1. The number of hydrogen-bond acceptors (Lipinski definition) is 5. The van der Waals surface area contributed by atoms with E-state index < -0.39 is 17.6 Å². The molecule has 0 saturated heterocycles. The summed E-state index contributed by atoms with van der Waals surface area (Å²) < 4.78 is 41.5. The standard InChI is InChI=1S/C19H15F3N6O/c1-11-17(26-18(29)15-8-9-23-10-24-15)28-16(25-11)7-6-14(27-28)12-4-2-3-5-13(12)19(20,21)22/h2-9,24H,10H2,1H3,(H,26,29). The third-order valence-corrected chi connectivity index (χ3v) is 4.34. The number of rotatable bonds is 3. The van der Waals surface area contributed by atoms with Crippen LogP contribution in [0.15, 0.2) is 53.2 Å². The van der Waals surface area contributed by atoms with Crippen molar-refractivity contribution < 1.29 is 18.0 Å². The van der Waals surface area contributed by atoms with Gasteiger partial charge in [-0.3, -0.25) is 9.79 Å². The molecule has 7 nitrogen and oxygen atoms in total. The van der Waals surface area contributed by atoms with E-state index in [-0.39, 0.29) is 23.7 Å². The summed E-state index contributed by atoms with van der Waals surface area (Å²) in [5.41, 5.74) is 0.465. The van der Waals surface area contributed by atoms with Gasteiger partial charge in [0.2, 0.25) is 0 Å². The molecule has 0 unspecified atom stereocenters. The first kappa shape index (κ1) is 18.7. The number of nitrogens with zero attached hydrogens (tertiary/aromatic N) is 4. The fourth-order valence-corrected chi connectivity index (χ4v) is 2.98. The summed E-state index contributed by atoms with van der Waals surface area (Å²) >= 11 is 0. The van der Waals surface area contributed by atoms with Gasteiger partial charge in [0.05, 0.1) is 17.0 Å². The fraction of sp³-hybridized carbons (Fsp3) is 0.158. The lowest BCUT2D eigenvalue weighted by Gasteiger charge is -2.13. The lowest BCUT2D eigenvalue weighted by Crippen LogP contribution is -2.28. The Hall–Kier alpha value is -3.69. The van der Waals surface area contributed by atoms with Crippen molar-refractivity contribution in [2.24, 2.45) is 4.99 Å². The predicted molar refractivity (Wildman–Crippen MR) is 101 cm³/mol. The SMILES string of the molecule is Cc1nc2ccc(-c3ccccc3C(F)(F)F)nn2c1NC(=O)C1=CC=NCN1. The second kappa shape index (κ2) is 7.04. The zero-order chi connectivity index (χ0) is 20.6. The quantitative estimate of drug-likeness (QED) is 0.707. The minimum Gasteiger partial charge on any atom is -0.362 e. The first-order valence-corrected chi connectivity index (χ1v) is 8.63. The maximum absolute atomic E-state index is 13.4. The fourth-order valence-electron chi connectivity index (χ4n) is 2.98. The highest BCUT2D eigenvalue weighted by Crippen LogP contribution is 2.36. The molecule has 0 saturated carbocycles. The van der Waals surface area contributed by atoms with Crippen molar-refractivity contribution in [1.29, 1.82) is 0 Å². The van der Waals surface area contributed by atoms with E-state index in [1.807, 2.05) is 0 Å². The largest absolute Gasteiger partial charge is 0.417 e. The van der Waals surface area contributed by atoms with Crippen LogP contribution in [-0.2, 0) is 11.0 Å². The zero-order valence-corrected chi connectivity index (χ0v) is 15.2. The number of aryl methyl sites for hydroxylation is 1. The monoisotopic (exact) mass is 400 g/mol. The number of nitrogens with one attached hydrogen (secondary N) is 2. The number of amides is 1. The van der Waals surface area contributed by atoms with Crippen molar-refractivity contribution in [3.05, 3.63) is 59.4 Å². The Bertz CT molecular complexity index is 1160. The molecule has 3 aromatic rings. The molecule has 0 radical (unpaired) electrons. The summed E-state index contributed by atoms with van der Waals surface area (Å²) in [4.78, 5) is 20.7. The molecule has 1 aliphatic rings. The minimum absolute atomic E-state index is 0.0570. The molecule has 0 spiro atoms. The number of allylic oxidation sites excluding steroid dienone is 1. The van der Waals surface area contributed by atoms with Crippen LogP contribution in [-0.4, -0.2) is 33.4 Å². The van der Waals surface area contributed by atoms with Crippen molar-refractivity contribution in [2.75, 3.05) is 12.0 Å². The molecule has 4 rings (SSSR count). The molecule has 0 bridgehead atoms. The van der Waals surface area contributed by atoms with Crippen LogP contribution >= 0.6 is 0 Å². The van der Waals surface area contributed by atoms with Gasteiger partial charge in [-0.05, 0) is 31.2 Å². The summed E-state index contributed by atoms with van der Waals surface area (Å²) in [6, 6.07) is 8.23. The summed E-state index contributed by atoms with van der Waals surface area (Å²) in [5, 5.41) is 9.86. The number of carbonyl (C=O) groups is 1. The average molecular weight is 400 g/mol. The van der Waals surface area contributed by atoms with Gasteiger partial charge in [0.15, 0.2) is 11.5 Å². The second-order valence-corrected chi connectivity index (χ2v) is 6.28. The van der Waals surface area contributed by atoms with Gasteiger partial charge in [0.25, 0.3) is 5.91 Å². The van der Waals surface area contributed by atoms with Gasteiger partial charge in [-0.1, -0.05) is 18.2 Å². The molecule has 0 atom stereocenters. The third kappa shape index (κ3) is 3.56. The van der Waals surface area contributed by atoms with Crippen LogP contribution in [0.4, 0.5) is 19.0 Å². The Balaban J connectivity index is 1.77. The van der Waals surface area contributed by atoms with E-state index >= 15 is 0 Å². The van der Waals surface area contributed by atoms with Crippen LogP contribution in [0.2, 0.25) is 0 Å². The number of halogens is 3. The smallest absolute Gasteiger partial charge is 0.362 e. The molecular weight excluding hydrogens is 385 g/mol. The number of imidazole rings is 1. The Morgan fingerprint density at radius 3 is 2.72 bits per heavy atom. The van der Waals surface area contributed by atoms with Crippen LogP contribution in [0, 0.1) is 6.92 Å². The lowest BCUT2D eigenvalue weighted by molar-refractivity contribution is -0.137. The Morgan fingerprint density at radius 1 is 1.21 bits per heavy atom. The molecule has 10 heteroatoms. The second-order valence-electron chi connectivity index (χ2n) is 6.28. The maximum Gasteiger partial charge on any atom is 0.417 e. The topological polar surface area (TPSA) is 83.7 Å². The van der Waals surface area contributed by atoms with E-state index in [1.54, 1.807) is 13.0 Å². The molecule has 3 heterocycles. The molecule has 2 N–H and O–H groups in total. The highest BCUT2D eigenvalue weighted by Gasteiger charge is 2.33. The molecule has 0 fully saturated rings. The molecule has 0 aliphatic carbocycles. The Morgan fingerprint density at radius 2 is 2.00 bits per heavy atom. The summed E-state index contributed by atoms with van der Waals surface area (Å²) in [6.07, 6.45) is -1.48. The number of aromatic nitrogens is 3. The summed E-state index contributed by atoms with van der Waals surface area (Å²) in [6.45, 7) is 1.96. The van der Waals surface area contributed by atoms with Gasteiger partial charge in [-0.25, -0.2) is 4.98 Å². The van der Waals surface area contributed by atoms with Crippen LogP contribution < -0.4 is 10.6 Å². The van der Waals surface area contributed by atoms with Crippen molar-refractivity contribution in [1.82, 2.24) is 19.9 Å². The third-order valence-electron chi connectivity index (χ3n) is 4.34. The van der Waals surface area contributed by atoms with Crippen molar-refractivity contribution >= 4 is 23.6 Å². The van der Waals surface area contributed by atoms with E-state index in [2.05, 4.69) is 25.7 Å². The van der Waals surface area contributed by atoms with E-state index in [4.69, 9.17) is 0 Å². The number of fused-ring (bicyclic) bond motifs is 1. The van der Waals surface area contributed by atoms with Gasteiger partial charge < -0.3 is 10.6 Å². The average Bonchev–Trinajstić information content (AvgIpc) is 3.02. The minimum atomic E-state index is -4.52. The summed E-state index contributed by atoms with van der Waals surface area (Å²) in [5.74, 6) is -0.148. The van der Waals surface area contributed by atoms with E-state index in [0.717, 1.165) is 6.07 Å². The number of alkyl halides is 3. The molecule has 1 amide bonds. The van der Waals surface area contributed by atoms with Gasteiger partial charge in [-0.15, -0.1) is 0 Å². The van der Waals surface area contributed by atoms with Gasteiger partial charge in [0.1, 0.15) is 12.4 Å². The number of anilines is 1. The molecule has 2 aromatic heterocycles. The van der Waals surface area contributed by atoms with Crippen molar-refractivity contribution in [2.45, 2.75) is 13.1 Å².